The van der Waals surface area contributed by atoms with E-state index in [1.165, 1.54) is 0 Å². The van der Waals surface area contributed by atoms with Crippen LogP contribution in [0.5, 0.6) is 0 Å². The molecule has 0 bridgehead atoms. The quantitative estimate of drug-likeness (QED) is 0.824. The summed E-state index contributed by atoms with van der Waals surface area (Å²) in [6.45, 7) is 4.01. The molecule has 26 heavy (non-hydrogen) atoms. The van der Waals surface area contributed by atoms with E-state index in [2.05, 4.69) is 10.1 Å². The summed E-state index contributed by atoms with van der Waals surface area (Å²) in [5.41, 5.74) is 0.804. The monoisotopic (exact) mass is 373 g/mol. The molecule has 1 aromatic heterocycles. The Balaban J connectivity index is 1.44. The van der Waals surface area contributed by atoms with Crippen molar-refractivity contribution < 1.29 is 9.59 Å². The summed E-state index contributed by atoms with van der Waals surface area (Å²) in [4.78, 5) is 32.8. The van der Waals surface area contributed by atoms with Crippen LogP contribution in [0.1, 0.15) is 29.3 Å². The number of hydrogen-bond donors (Lipinski definition) is 0. The fourth-order valence-electron chi connectivity index (χ4n) is 3.17. The molecule has 1 aliphatic heterocycles. The molecule has 0 unspecified atom stereocenters. The van der Waals surface area contributed by atoms with Gasteiger partial charge in [0.05, 0.1) is 5.69 Å². The Bertz CT molecular complexity index is 836. The number of aromatic nitrogens is 3. The number of rotatable bonds is 3. The van der Waals surface area contributed by atoms with E-state index in [1.54, 1.807) is 21.7 Å². The number of carbonyl (C=O) groups is 2. The van der Waals surface area contributed by atoms with Crippen LogP contribution >= 0.6 is 11.6 Å². The van der Waals surface area contributed by atoms with Crippen molar-refractivity contribution in [1.29, 1.82) is 0 Å². The van der Waals surface area contributed by atoms with E-state index in [0.29, 0.717) is 37.0 Å². The summed E-state index contributed by atoms with van der Waals surface area (Å²) in [6.07, 6.45) is 2.01. The van der Waals surface area contributed by atoms with Crippen molar-refractivity contribution in [2.75, 3.05) is 26.2 Å². The molecule has 0 radical (unpaired) electrons. The average Bonchev–Trinajstić information content (AvgIpc) is 3.44. The van der Waals surface area contributed by atoms with Crippen LogP contribution in [0.3, 0.4) is 0 Å². The first kappa shape index (κ1) is 17.0. The molecule has 2 amide bonds. The van der Waals surface area contributed by atoms with E-state index < -0.39 is 0 Å². The van der Waals surface area contributed by atoms with Gasteiger partial charge < -0.3 is 9.80 Å². The lowest BCUT2D eigenvalue weighted by atomic mass is 10.2. The minimum Gasteiger partial charge on any atom is -0.339 e. The molecule has 136 valence electrons. The zero-order valence-corrected chi connectivity index (χ0v) is 15.3. The summed E-state index contributed by atoms with van der Waals surface area (Å²) in [7, 11) is 0. The van der Waals surface area contributed by atoms with Gasteiger partial charge in [-0.05, 0) is 44.0 Å². The van der Waals surface area contributed by atoms with E-state index in [-0.39, 0.29) is 23.6 Å². The average molecular weight is 374 g/mol. The van der Waals surface area contributed by atoms with Gasteiger partial charge >= 0.3 is 0 Å². The van der Waals surface area contributed by atoms with Crippen LogP contribution in [0.15, 0.2) is 24.3 Å². The smallest absolute Gasteiger partial charge is 0.293 e. The molecule has 1 saturated heterocycles. The molecule has 8 heteroatoms. The lowest BCUT2D eigenvalue weighted by Crippen LogP contribution is -2.51. The molecule has 2 heterocycles. The van der Waals surface area contributed by atoms with Crippen LogP contribution in [-0.2, 0) is 4.79 Å². The topological polar surface area (TPSA) is 71.3 Å². The Morgan fingerprint density at radius 2 is 1.65 bits per heavy atom. The van der Waals surface area contributed by atoms with Crippen molar-refractivity contribution in [3.63, 3.8) is 0 Å². The third-order valence-electron chi connectivity index (χ3n) is 4.84. The van der Waals surface area contributed by atoms with Gasteiger partial charge in [-0.1, -0.05) is 11.6 Å². The molecule has 2 aliphatic rings. The van der Waals surface area contributed by atoms with E-state index in [1.807, 2.05) is 24.0 Å². The Morgan fingerprint density at radius 3 is 2.27 bits per heavy atom. The fraction of sp³-hybridized carbons (Fsp3) is 0.444. The number of amides is 2. The lowest BCUT2D eigenvalue weighted by molar-refractivity contribution is -0.134. The first-order chi connectivity index (χ1) is 12.5. The Hall–Kier alpha value is -2.41. The Kier molecular flexibility index (Phi) is 4.40. The molecule has 1 aromatic carbocycles. The van der Waals surface area contributed by atoms with Crippen molar-refractivity contribution in [3.8, 4) is 5.69 Å². The number of hydrogen-bond acceptors (Lipinski definition) is 4. The molecule has 0 spiro atoms. The van der Waals surface area contributed by atoms with Gasteiger partial charge in [-0.3, -0.25) is 9.59 Å². The highest BCUT2D eigenvalue weighted by Gasteiger charge is 2.35. The number of carbonyl (C=O) groups excluding carboxylic acids is 2. The van der Waals surface area contributed by atoms with E-state index in [4.69, 9.17) is 11.6 Å². The van der Waals surface area contributed by atoms with Gasteiger partial charge in [0.2, 0.25) is 11.7 Å². The summed E-state index contributed by atoms with van der Waals surface area (Å²) >= 11 is 5.92. The molecule has 0 atom stereocenters. The molecule has 4 rings (SSSR count). The normalized spacial score (nSPS) is 17.5. The third kappa shape index (κ3) is 3.31. The SMILES string of the molecule is Cc1nc(C(=O)N2CCN(C(=O)C3CC3)CC2)nn1-c1ccc(Cl)cc1. The second-order valence-corrected chi connectivity index (χ2v) is 7.20. The number of aryl methyl sites for hydroxylation is 1. The van der Waals surface area contributed by atoms with E-state index in [0.717, 1.165) is 18.5 Å². The van der Waals surface area contributed by atoms with Crippen LogP contribution in [0, 0.1) is 12.8 Å². The van der Waals surface area contributed by atoms with Crippen LogP contribution in [0.4, 0.5) is 0 Å². The largest absolute Gasteiger partial charge is 0.339 e. The first-order valence-corrected chi connectivity index (χ1v) is 9.18. The Morgan fingerprint density at radius 1 is 1.04 bits per heavy atom. The summed E-state index contributed by atoms with van der Waals surface area (Å²) in [5, 5.41) is 5.01. The Labute approximate surface area is 156 Å². The summed E-state index contributed by atoms with van der Waals surface area (Å²) < 4.78 is 1.64. The maximum atomic E-state index is 12.7. The van der Waals surface area contributed by atoms with Crippen LogP contribution in [0.2, 0.25) is 5.02 Å². The summed E-state index contributed by atoms with van der Waals surface area (Å²) in [5.74, 6) is 1.08. The number of benzene rings is 1. The molecule has 1 saturated carbocycles. The minimum atomic E-state index is -0.195. The van der Waals surface area contributed by atoms with Crippen LogP contribution in [0.25, 0.3) is 5.69 Å². The molecular weight excluding hydrogens is 354 g/mol. The second-order valence-electron chi connectivity index (χ2n) is 6.76. The molecule has 2 aromatic rings. The van der Waals surface area contributed by atoms with Gasteiger partial charge in [-0.25, -0.2) is 9.67 Å². The van der Waals surface area contributed by atoms with Crippen LogP contribution in [-0.4, -0.2) is 62.6 Å². The van der Waals surface area contributed by atoms with Crippen molar-refractivity contribution in [3.05, 3.63) is 40.9 Å². The van der Waals surface area contributed by atoms with Gasteiger partial charge in [0.15, 0.2) is 0 Å². The highest BCUT2D eigenvalue weighted by atomic mass is 35.5. The van der Waals surface area contributed by atoms with Gasteiger partial charge in [0.1, 0.15) is 5.82 Å². The minimum absolute atomic E-state index is 0.180. The molecule has 1 aliphatic carbocycles. The maximum absolute atomic E-state index is 12.7. The number of piperazine rings is 1. The molecule has 2 fully saturated rings. The van der Waals surface area contributed by atoms with Crippen molar-refractivity contribution in [2.45, 2.75) is 19.8 Å². The van der Waals surface area contributed by atoms with Gasteiger partial charge in [0.25, 0.3) is 5.91 Å². The second kappa shape index (κ2) is 6.72. The van der Waals surface area contributed by atoms with Crippen molar-refractivity contribution in [2.24, 2.45) is 5.92 Å². The fourth-order valence-corrected chi connectivity index (χ4v) is 3.29. The number of halogens is 1. The van der Waals surface area contributed by atoms with Gasteiger partial charge in [-0.15, -0.1) is 5.10 Å². The summed E-state index contributed by atoms with van der Waals surface area (Å²) in [6, 6.07) is 7.21. The van der Waals surface area contributed by atoms with Crippen LogP contribution < -0.4 is 0 Å². The highest BCUT2D eigenvalue weighted by Crippen LogP contribution is 2.31. The van der Waals surface area contributed by atoms with Crippen molar-refractivity contribution in [1.82, 2.24) is 24.6 Å². The zero-order valence-electron chi connectivity index (χ0n) is 14.6. The van der Waals surface area contributed by atoms with E-state index >= 15 is 0 Å². The lowest BCUT2D eigenvalue weighted by Gasteiger charge is -2.34. The number of nitrogens with zero attached hydrogens (tertiary/aromatic N) is 5. The maximum Gasteiger partial charge on any atom is 0.293 e. The molecule has 7 nitrogen and oxygen atoms in total. The van der Waals surface area contributed by atoms with Crippen molar-refractivity contribution >= 4 is 23.4 Å². The zero-order chi connectivity index (χ0) is 18.3. The predicted molar refractivity (Wildman–Crippen MR) is 96.3 cm³/mol. The van der Waals surface area contributed by atoms with Gasteiger partial charge in [-0.2, -0.15) is 0 Å². The first-order valence-electron chi connectivity index (χ1n) is 8.80. The molecular formula is C18H20ClN5O2. The highest BCUT2D eigenvalue weighted by molar-refractivity contribution is 6.30. The van der Waals surface area contributed by atoms with Gasteiger partial charge in [0, 0.05) is 37.1 Å². The standard InChI is InChI=1S/C18H20ClN5O2/c1-12-20-16(21-24(12)15-6-4-14(19)5-7-15)18(26)23-10-8-22(9-11-23)17(25)13-2-3-13/h4-7,13H,2-3,8-11H2,1H3. The van der Waals surface area contributed by atoms with E-state index in [9.17, 15) is 9.59 Å². The third-order valence-corrected chi connectivity index (χ3v) is 5.09. The predicted octanol–water partition coefficient (Wildman–Crippen LogP) is 1.92. The molecule has 0 N–H and O–H groups in total.